The molecule has 0 aliphatic rings. The van der Waals surface area contributed by atoms with E-state index in [0.717, 1.165) is 12.1 Å². The van der Waals surface area contributed by atoms with Crippen molar-refractivity contribution in [1.29, 1.82) is 0 Å². The Morgan fingerprint density at radius 2 is 1.77 bits per heavy atom. The van der Waals surface area contributed by atoms with Gasteiger partial charge in [0.25, 0.3) is 0 Å². The monoisotopic (exact) mass is 317 g/mol. The molecule has 1 atom stereocenters. The summed E-state index contributed by atoms with van der Waals surface area (Å²) in [4.78, 5) is 11.8. The van der Waals surface area contributed by atoms with Crippen LogP contribution in [0.15, 0.2) is 24.3 Å². The van der Waals surface area contributed by atoms with Crippen LogP contribution in [0.2, 0.25) is 0 Å². The van der Waals surface area contributed by atoms with Crippen molar-refractivity contribution in [3.8, 4) is 0 Å². The van der Waals surface area contributed by atoms with Crippen LogP contribution in [0.5, 0.6) is 0 Å². The standard InChI is InChI=1S/C16H22F3NO2/c1-11(21)9-15(2,3)10-20-14(22)8-12-4-6-13(7-5-12)16(17,18)19/h4-7,11,21H,8-10H2,1-3H3,(H,20,22). The van der Waals surface area contributed by atoms with Gasteiger partial charge in [0.15, 0.2) is 0 Å². The first-order valence-electron chi connectivity index (χ1n) is 7.10. The zero-order valence-electron chi connectivity index (χ0n) is 13.0. The number of amides is 1. The van der Waals surface area contributed by atoms with Gasteiger partial charge in [-0.15, -0.1) is 0 Å². The number of alkyl halides is 3. The van der Waals surface area contributed by atoms with Gasteiger partial charge in [0.1, 0.15) is 0 Å². The summed E-state index contributed by atoms with van der Waals surface area (Å²) in [5.41, 5.74) is -0.446. The van der Waals surface area contributed by atoms with E-state index in [4.69, 9.17) is 0 Å². The summed E-state index contributed by atoms with van der Waals surface area (Å²) in [5.74, 6) is -0.251. The fourth-order valence-electron chi connectivity index (χ4n) is 2.27. The summed E-state index contributed by atoms with van der Waals surface area (Å²) >= 11 is 0. The third kappa shape index (κ3) is 6.47. The lowest BCUT2D eigenvalue weighted by atomic mass is 9.87. The van der Waals surface area contributed by atoms with Crippen LogP contribution in [0.3, 0.4) is 0 Å². The van der Waals surface area contributed by atoms with Crippen molar-refractivity contribution in [2.75, 3.05) is 6.54 Å². The van der Waals surface area contributed by atoms with E-state index in [1.54, 1.807) is 6.92 Å². The van der Waals surface area contributed by atoms with Crippen molar-refractivity contribution in [2.45, 2.75) is 45.9 Å². The number of aliphatic hydroxyl groups is 1. The van der Waals surface area contributed by atoms with Crippen LogP contribution in [-0.2, 0) is 17.4 Å². The highest BCUT2D eigenvalue weighted by Gasteiger charge is 2.30. The molecule has 3 nitrogen and oxygen atoms in total. The van der Waals surface area contributed by atoms with E-state index in [9.17, 15) is 23.1 Å². The molecule has 0 saturated carbocycles. The second kappa shape index (κ2) is 7.13. The van der Waals surface area contributed by atoms with Crippen molar-refractivity contribution >= 4 is 5.91 Å². The lowest BCUT2D eigenvalue weighted by Crippen LogP contribution is -2.36. The Bertz CT molecular complexity index is 493. The zero-order valence-corrected chi connectivity index (χ0v) is 13.0. The van der Waals surface area contributed by atoms with Gasteiger partial charge in [0.05, 0.1) is 18.1 Å². The second-order valence-electron chi connectivity index (χ2n) is 6.37. The molecular formula is C16H22F3NO2. The average Bonchev–Trinajstić information content (AvgIpc) is 2.34. The van der Waals surface area contributed by atoms with Crippen LogP contribution < -0.4 is 5.32 Å². The van der Waals surface area contributed by atoms with Gasteiger partial charge < -0.3 is 10.4 Å². The van der Waals surface area contributed by atoms with E-state index >= 15 is 0 Å². The van der Waals surface area contributed by atoms with Crippen molar-refractivity contribution in [1.82, 2.24) is 5.32 Å². The van der Waals surface area contributed by atoms with Crippen LogP contribution in [0.1, 0.15) is 38.3 Å². The number of nitrogens with one attached hydrogen (secondary N) is 1. The number of rotatable bonds is 6. The molecule has 124 valence electrons. The molecule has 0 spiro atoms. The maximum Gasteiger partial charge on any atom is 0.416 e. The number of hydrogen-bond donors (Lipinski definition) is 2. The van der Waals surface area contributed by atoms with Crippen LogP contribution in [0, 0.1) is 5.41 Å². The molecule has 0 saturated heterocycles. The molecule has 0 radical (unpaired) electrons. The third-order valence-corrected chi connectivity index (χ3v) is 3.26. The molecule has 0 aliphatic heterocycles. The van der Waals surface area contributed by atoms with Gasteiger partial charge in [-0.05, 0) is 36.5 Å². The lowest BCUT2D eigenvalue weighted by Gasteiger charge is -2.26. The quantitative estimate of drug-likeness (QED) is 0.847. The topological polar surface area (TPSA) is 49.3 Å². The zero-order chi connectivity index (χ0) is 17.0. The van der Waals surface area contributed by atoms with E-state index in [-0.39, 0.29) is 17.7 Å². The smallest absolute Gasteiger partial charge is 0.393 e. The number of halogens is 3. The molecule has 1 rings (SSSR count). The normalized spacial score (nSPS) is 13.8. The summed E-state index contributed by atoms with van der Waals surface area (Å²) in [6, 6.07) is 4.56. The molecule has 1 amide bonds. The summed E-state index contributed by atoms with van der Waals surface area (Å²) in [6.07, 6.45) is -4.25. The summed E-state index contributed by atoms with van der Waals surface area (Å²) in [7, 11) is 0. The second-order valence-corrected chi connectivity index (χ2v) is 6.37. The van der Waals surface area contributed by atoms with Crippen molar-refractivity contribution in [3.05, 3.63) is 35.4 Å². The first-order valence-corrected chi connectivity index (χ1v) is 7.10. The maximum atomic E-state index is 12.4. The average molecular weight is 317 g/mol. The van der Waals surface area contributed by atoms with Gasteiger partial charge in [-0.3, -0.25) is 4.79 Å². The van der Waals surface area contributed by atoms with E-state index in [1.807, 2.05) is 13.8 Å². The molecule has 0 fully saturated rings. The highest BCUT2D eigenvalue weighted by molar-refractivity contribution is 5.78. The number of benzene rings is 1. The molecule has 6 heteroatoms. The van der Waals surface area contributed by atoms with Crippen LogP contribution >= 0.6 is 0 Å². The molecule has 0 aliphatic carbocycles. The Morgan fingerprint density at radius 3 is 2.23 bits per heavy atom. The molecule has 0 bridgehead atoms. The van der Waals surface area contributed by atoms with Gasteiger partial charge in [0, 0.05) is 6.54 Å². The van der Waals surface area contributed by atoms with Crippen molar-refractivity contribution in [3.63, 3.8) is 0 Å². The van der Waals surface area contributed by atoms with E-state index in [1.165, 1.54) is 12.1 Å². The molecule has 1 aromatic carbocycles. The Morgan fingerprint density at radius 1 is 1.23 bits per heavy atom. The highest BCUT2D eigenvalue weighted by atomic mass is 19.4. The predicted octanol–water partition coefficient (Wildman–Crippen LogP) is 3.16. The van der Waals surface area contributed by atoms with Crippen molar-refractivity contribution < 1.29 is 23.1 Å². The molecule has 2 N–H and O–H groups in total. The lowest BCUT2D eigenvalue weighted by molar-refractivity contribution is -0.137. The fourth-order valence-corrected chi connectivity index (χ4v) is 2.27. The van der Waals surface area contributed by atoms with Gasteiger partial charge >= 0.3 is 6.18 Å². The fraction of sp³-hybridized carbons (Fsp3) is 0.562. The molecule has 0 aromatic heterocycles. The largest absolute Gasteiger partial charge is 0.416 e. The summed E-state index contributed by atoms with van der Waals surface area (Å²) < 4.78 is 37.3. The van der Waals surface area contributed by atoms with Crippen molar-refractivity contribution in [2.24, 2.45) is 5.41 Å². The number of aliphatic hydroxyl groups excluding tert-OH is 1. The van der Waals surface area contributed by atoms with E-state index < -0.39 is 17.8 Å². The van der Waals surface area contributed by atoms with E-state index in [2.05, 4.69) is 5.32 Å². The number of carbonyl (C=O) groups excluding carboxylic acids is 1. The van der Waals surface area contributed by atoms with Gasteiger partial charge in [-0.25, -0.2) is 0 Å². The molecular weight excluding hydrogens is 295 g/mol. The van der Waals surface area contributed by atoms with Crippen LogP contribution in [0.25, 0.3) is 0 Å². The first kappa shape index (κ1) is 18.5. The number of carbonyl (C=O) groups is 1. The maximum absolute atomic E-state index is 12.4. The Labute approximate surface area is 128 Å². The SMILES string of the molecule is CC(O)CC(C)(C)CNC(=O)Cc1ccc(C(F)(F)F)cc1. The summed E-state index contributed by atoms with van der Waals surface area (Å²) in [6.45, 7) is 5.94. The van der Waals surface area contributed by atoms with Gasteiger partial charge in [0.2, 0.25) is 5.91 Å². The summed E-state index contributed by atoms with van der Waals surface area (Å²) in [5, 5.41) is 12.1. The molecule has 22 heavy (non-hydrogen) atoms. The number of hydrogen-bond acceptors (Lipinski definition) is 2. The minimum absolute atomic E-state index is 0.0307. The first-order chi connectivity index (χ1) is 9.99. The van der Waals surface area contributed by atoms with Gasteiger partial charge in [-0.2, -0.15) is 13.2 Å². The molecule has 0 heterocycles. The minimum Gasteiger partial charge on any atom is -0.393 e. The van der Waals surface area contributed by atoms with Crippen LogP contribution in [-0.4, -0.2) is 23.7 Å². The Hall–Kier alpha value is -1.56. The van der Waals surface area contributed by atoms with E-state index in [0.29, 0.717) is 18.5 Å². The van der Waals surface area contributed by atoms with Gasteiger partial charge in [-0.1, -0.05) is 26.0 Å². The third-order valence-electron chi connectivity index (χ3n) is 3.26. The van der Waals surface area contributed by atoms with Crippen LogP contribution in [0.4, 0.5) is 13.2 Å². The highest BCUT2D eigenvalue weighted by Crippen LogP contribution is 2.29. The predicted molar refractivity (Wildman–Crippen MR) is 78.2 cm³/mol. The minimum atomic E-state index is -4.37. The molecule has 1 unspecified atom stereocenters. The molecule has 1 aromatic rings. The Balaban J connectivity index is 2.52. The Kier molecular flexibility index (Phi) is 6.00.